The summed E-state index contributed by atoms with van der Waals surface area (Å²) in [6.45, 7) is 0. The summed E-state index contributed by atoms with van der Waals surface area (Å²) in [5, 5.41) is 8.36. The van der Waals surface area contributed by atoms with Gasteiger partial charge in [-0.15, -0.1) is 11.3 Å². The molecule has 2 fully saturated rings. The number of benzene rings is 1. The maximum Gasteiger partial charge on any atom is 0.416 e. The summed E-state index contributed by atoms with van der Waals surface area (Å²) < 4.78 is 37.9. The Hall–Kier alpha value is -1.86. The van der Waals surface area contributed by atoms with Crippen molar-refractivity contribution in [3.05, 3.63) is 46.2 Å². The van der Waals surface area contributed by atoms with Gasteiger partial charge in [0.15, 0.2) is 0 Å². The highest BCUT2D eigenvalue weighted by Gasteiger charge is 2.39. The molecule has 3 nitrogen and oxygen atoms in total. The second kappa shape index (κ2) is 6.14. The van der Waals surface area contributed by atoms with Crippen molar-refractivity contribution < 1.29 is 18.0 Å². The third-order valence-electron chi connectivity index (χ3n) is 4.99. The molecule has 3 heterocycles. The number of amides is 1. The molecule has 1 aromatic carbocycles. The van der Waals surface area contributed by atoms with Gasteiger partial charge in [-0.1, -0.05) is 12.1 Å². The summed E-state index contributed by atoms with van der Waals surface area (Å²) in [7, 11) is 0. The standard InChI is InChI=1S/C18H17F3N2OS/c19-18(20,21)12-3-1-10(2-4-12)11-7-16(25-9-11)17(24)23-15-8-13-5-6-14(15)22-13/h1-4,7,9,13-15,22H,5-6,8H2,(H,23,24)/t13-,14+,15-/m1/s1. The average Bonchev–Trinajstić information content (AvgIpc) is 3.30. The fraction of sp³-hybridized carbons (Fsp3) is 0.389. The number of thiophene rings is 1. The van der Waals surface area contributed by atoms with Gasteiger partial charge in [0, 0.05) is 18.1 Å². The van der Waals surface area contributed by atoms with E-state index in [0.717, 1.165) is 30.5 Å². The van der Waals surface area contributed by atoms with E-state index < -0.39 is 11.7 Å². The lowest BCUT2D eigenvalue weighted by Crippen LogP contribution is -2.42. The van der Waals surface area contributed by atoms with Crippen molar-refractivity contribution in [3.63, 3.8) is 0 Å². The first-order valence-corrected chi connectivity index (χ1v) is 9.11. The Morgan fingerprint density at radius 2 is 1.92 bits per heavy atom. The smallest absolute Gasteiger partial charge is 0.347 e. The number of nitrogens with one attached hydrogen (secondary N) is 2. The Bertz CT molecular complexity index is 784. The Labute approximate surface area is 147 Å². The third kappa shape index (κ3) is 3.30. The number of hydrogen-bond acceptors (Lipinski definition) is 3. The minimum Gasteiger partial charge on any atom is -0.347 e. The van der Waals surface area contributed by atoms with E-state index in [0.29, 0.717) is 22.5 Å². The highest BCUT2D eigenvalue weighted by atomic mass is 32.1. The minimum absolute atomic E-state index is 0.109. The molecule has 2 N–H and O–H groups in total. The molecule has 7 heteroatoms. The Kier molecular flexibility index (Phi) is 4.08. The summed E-state index contributed by atoms with van der Waals surface area (Å²) in [5.41, 5.74) is 0.757. The molecule has 0 saturated carbocycles. The molecule has 0 radical (unpaired) electrons. The van der Waals surface area contributed by atoms with Crippen LogP contribution in [0, 0.1) is 0 Å². The highest BCUT2D eigenvalue weighted by Crippen LogP contribution is 2.33. The minimum atomic E-state index is -4.34. The van der Waals surface area contributed by atoms with Crippen molar-refractivity contribution in [2.24, 2.45) is 0 Å². The van der Waals surface area contributed by atoms with Gasteiger partial charge in [0.1, 0.15) is 0 Å². The topological polar surface area (TPSA) is 41.1 Å². The largest absolute Gasteiger partial charge is 0.416 e. The highest BCUT2D eigenvalue weighted by molar-refractivity contribution is 7.12. The Morgan fingerprint density at radius 3 is 2.52 bits per heavy atom. The van der Waals surface area contributed by atoms with Crippen LogP contribution in [0.2, 0.25) is 0 Å². The van der Waals surface area contributed by atoms with E-state index in [9.17, 15) is 18.0 Å². The molecule has 0 spiro atoms. The molecule has 132 valence electrons. The Morgan fingerprint density at radius 1 is 1.16 bits per heavy atom. The lowest BCUT2D eigenvalue weighted by molar-refractivity contribution is -0.137. The van der Waals surface area contributed by atoms with Crippen LogP contribution < -0.4 is 10.6 Å². The molecular formula is C18H17F3N2OS. The van der Waals surface area contributed by atoms with Gasteiger partial charge in [0.05, 0.1) is 10.4 Å². The number of carbonyl (C=O) groups is 1. The first kappa shape index (κ1) is 16.6. The van der Waals surface area contributed by atoms with Crippen LogP contribution in [0.4, 0.5) is 13.2 Å². The van der Waals surface area contributed by atoms with Crippen LogP contribution in [0.25, 0.3) is 11.1 Å². The summed E-state index contributed by atoms with van der Waals surface area (Å²) in [6, 6.07) is 7.79. The molecule has 0 unspecified atom stereocenters. The van der Waals surface area contributed by atoms with Gasteiger partial charge < -0.3 is 10.6 Å². The predicted molar refractivity (Wildman–Crippen MR) is 90.6 cm³/mol. The van der Waals surface area contributed by atoms with Crippen molar-refractivity contribution >= 4 is 17.2 Å². The lowest BCUT2D eigenvalue weighted by atomic mass is 9.95. The molecule has 3 atom stereocenters. The maximum absolute atomic E-state index is 12.6. The normalized spacial score (nSPS) is 25.3. The SMILES string of the molecule is O=C(N[C@@H]1C[C@H]2CC[C@@H]1N2)c1cc(-c2ccc(C(F)(F)F)cc2)cs1. The van der Waals surface area contributed by atoms with Crippen LogP contribution in [0.1, 0.15) is 34.5 Å². The van der Waals surface area contributed by atoms with Gasteiger partial charge in [-0.25, -0.2) is 0 Å². The summed E-state index contributed by atoms with van der Waals surface area (Å²) in [4.78, 5) is 13.0. The summed E-state index contributed by atoms with van der Waals surface area (Å²) in [5.74, 6) is -0.109. The van der Waals surface area contributed by atoms with E-state index in [2.05, 4.69) is 10.6 Å². The lowest BCUT2D eigenvalue weighted by Gasteiger charge is -2.20. The average molecular weight is 366 g/mol. The molecule has 2 saturated heterocycles. The first-order chi connectivity index (χ1) is 11.9. The molecule has 2 aliphatic rings. The molecule has 1 amide bonds. The Balaban J connectivity index is 1.45. The number of fused-ring (bicyclic) bond motifs is 2. The number of halogens is 3. The van der Waals surface area contributed by atoms with E-state index in [1.807, 2.05) is 0 Å². The quantitative estimate of drug-likeness (QED) is 0.860. The van der Waals surface area contributed by atoms with Gasteiger partial charge in [-0.2, -0.15) is 13.2 Å². The fourth-order valence-electron chi connectivity index (χ4n) is 3.68. The van der Waals surface area contributed by atoms with Crippen LogP contribution in [0.5, 0.6) is 0 Å². The molecule has 4 rings (SSSR count). The number of hydrogen-bond donors (Lipinski definition) is 2. The molecular weight excluding hydrogens is 349 g/mol. The van der Waals surface area contributed by atoms with Crippen molar-refractivity contribution in [1.82, 2.24) is 10.6 Å². The van der Waals surface area contributed by atoms with E-state index in [1.54, 1.807) is 11.4 Å². The first-order valence-electron chi connectivity index (χ1n) is 8.23. The second-order valence-corrected chi connectivity index (χ2v) is 7.55. The molecule has 2 bridgehead atoms. The molecule has 1 aromatic heterocycles. The van der Waals surface area contributed by atoms with E-state index in [4.69, 9.17) is 0 Å². The van der Waals surface area contributed by atoms with Gasteiger partial charge in [0.2, 0.25) is 0 Å². The van der Waals surface area contributed by atoms with Crippen molar-refractivity contribution in [2.75, 3.05) is 0 Å². The van der Waals surface area contributed by atoms with Gasteiger partial charge in [0.25, 0.3) is 5.91 Å². The zero-order valence-corrected chi connectivity index (χ0v) is 14.1. The van der Waals surface area contributed by atoms with Crippen LogP contribution in [0.15, 0.2) is 35.7 Å². The number of alkyl halides is 3. The molecule has 25 heavy (non-hydrogen) atoms. The van der Waals surface area contributed by atoms with Crippen molar-refractivity contribution in [1.29, 1.82) is 0 Å². The summed E-state index contributed by atoms with van der Waals surface area (Å²) in [6.07, 6.45) is -1.11. The second-order valence-electron chi connectivity index (χ2n) is 6.64. The van der Waals surface area contributed by atoms with Crippen LogP contribution in [-0.2, 0) is 6.18 Å². The van der Waals surface area contributed by atoms with Crippen LogP contribution in [-0.4, -0.2) is 24.0 Å². The fourth-order valence-corrected chi connectivity index (χ4v) is 4.50. The zero-order valence-electron chi connectivity index (χ0n) is 13.3. The maximum atomic E-state index is 12.6. The van der Waals surface area contributed by atoms with E-state index in [1.165, 1.54) is 29.9 Å². The van der Waals surface area contributed by atoms with E-state index in [-0.39, 0.29) is 11.9 Å². The summed E-state index contributed by atoms with van der Waals surface area (Å²) >= 11 is 1.31. The van der Waals surface area contributed by atoms with Gasteiger partial charge >= 0.3 is 6.18 Å². The van der Waals surface area contributed by atoms with Gasteiger partial charge in [-0.05, 0) is 54.0 Å². The van der Waals surface area contributed by atoms with Gasteiger partial charge in [-0.3, -0.25) is 4.79 Å². The van der Waals surface area contributed by atoms with Crippen LogP contribution >= 0.6 is 11.3 Å². The predicted octanol–water partition coefficient (Wildman–Crippen LogP) is 4.06. The number of carbonyl (C=O) groups excluding carboxylic acids is 1. The molecule has 0 aliphatic carbocycles. The zero-order chi connectivity index (χ0) is 17.6. The van der Waals surface area contributed by atoms with Crippen LogP contribution in [0.3, 0.4) is 0 Å². The molecule has 2 aliphatic heterocycles. The number of rotatable bonds is 3. The van der Waals surface area contributed by atoms with Crippen molar-refractivity contribution in [2.45, 2.75) is 43.6 Å². The molecule has 2 aromatic rings. The van der Waals surface area contributed by atoms with E-state index >= 15 is 0 Å². The van der Waals surface area contributed by atoms with Crippen molar-refractivity contribution in [3.8, 4) is 11.1 Å². The monoisotopic (exact) mass is 366 g/mol. The third-order valence-corrected chi connectivity index (χ3v) is 5.91.